The fraction of sp³-hybridized carbons (Fsp3) is 0.500. The highest BCUT2D eigenvalue weighted by Crippen LogP contribution is 2.50. The minimum absolute atomic E-state index is 0.264. The van der Waals surface area contributed by atoms with Gasteiger partial charge in [-0.25, -0.2) is 14.5 Å². The lowest BCUT2D eigenvalue weighted by Gasteiger charge is -2.33. The van der Waals surface area contributed by atoms with Crippen molar-refractivity contribution in [3.8, 4) is 0 Å². The highest BCUT2D eigenvalue weighted by molar-refractivity contribution is 7.99. The summed E-state index contributed by atoms with van der Waals surface area (Å²) in [6.45, 7) is 14.6. The zero-order chi connectivity index (χ0) is 30.0. The number of carbonyl (C=O) groups excluding carboxylic acids is 3. The van der Waals surface area contributed by atoms with Crippen LogP contribution in [0.3, 0.4) is 0 Å². The van der Waals surface area contributed by atoms with Crippen LogP contribution in [-0.4, -0.2) is 50.9 Å². The van der Waals surface area contributed by atoms with Gasteiger partial charge in [0.25, 0.3) is 0 Å². The van der Waals surface area contributed by atoms with E-state index in [2.05, 4.69) is 22.3 Å². The van der Waals surface area contributed by atoms with Crippen LogP contribution in [0.5, 0.6) is 0 Å². The Morgan fingerprint density at radius 2 is 1.55 bits per heavy atom. The van der Waals surface area contributed by atoms with E-state index in [-0.39, 0.29) is 5.92 Å². The SMILES string of the molecule is CCC(C)C(C)=O.COCC(C)CNc1ccc2c(c1)Sc1cc(NC(=O)OC)ccc1N2C(=O)OC(C)(C)C. The van der Waals surface area contributed by atoms with Crippen LogP contribution in [0.4, 0.5) is 32.3 Å². The molecular weight excluding hydrogens is 530 g/mol. The average Bonchev–Trinajstić information content (AvgIpc) is 2.89. The Morgan fingerprint density at radius 1 is 0.975 bits per heavy atom. The standard InChI is InChI=1S/C24H31N3O5S.C6H12O/c1-15(14-30-5)13-25-16-7-9-18-20(11-16)33-21-12-17(26-22(28)31-6)8-10-19(21)27(18)23(29)32-24(2,3)4;1-4-5(2)6(3)7/h7-12,15,25H,13-14H2,1-6H3,(H,26,28);5H,4H2,1-3H3. The van der Waals surface area contributed by atoms with Crippen LogP contribution in [0.1, 0.15) is 54.9 Å². The quantitative estimate of drug-likeness (QED) is 0.331. The largest absolute Gasteiger partial charge is 0.453 e. The first-order valence-corrected chi connectivity index (χ1v) is 14.2. The number of ketones is 1. The van der Waals surface area contributed by atoms with Crippen LogP contribution in [0.2, 0.25) is 0 Å². The van der Waals surface area contributed by atoms with Crippen molar-refractivity contribution >= 4 is 52.5 Å². The molecule has 1 heterocycles. The van der Waals surface area contributed by atoms with Gasteiger partial charge in [-0.3, -0.25) is 10.1 Å². The molecule has 2 atom stereocenters. The molecule has 3 rings (SSSR count). The molecule has 0 bridgehead atoms. The van der Waals surface area contributed by atoms with Gasteiger partial charge in [0.05, 0.1) is 25.1 Å². The molecule has 0 saturated carbocycles. The summed E-state index contributed by atoms with van der Waals surface area (Å²) in [5.74, 6) is 0.909. The summed E-state index contributed by atoms with van der Waals surface area (Å²) in [4.78, 5) is 38.5. The van der Waals surface area contributed by atoms with Crippen LogP contribution in [-0.2, 0) is 19.0 Å². The Morgan fingerprint density at radius 3 is 2.02 bits per heavy atom. The summed E-state index contributed by atoms with van der Waals surface area (Å²) in [6, 6.07) is 11.2. The fourth-order valence-electron chi connectivity index (χ4n) is 3.59. The van der Waals surface area contributed by atoms with E-state index in [1.54, 1.807) is 31.1 Å². The van der Waals surface area contributed by atoms with Crippen LogP contribution < -0.4 is 15.5 Å². The number of rotatable bonds is 8. The molecule has 10 heteroatoms. The first-order chi connectivity index (χ1) is 18.8. The van der Waals surface area contributed by atoms with E-state index >= 15 is 0 Å². The Balaban J connectivity index is 0.000000708. The Labute approximate surface area is 242 Å². The maximum Gasteiger partial charge on any atom is 0.419 e. The van der Waals surface area contributed by atoms with Gasteiger partial charge >= 0.3 is 12.2 Å². The van der Waals surface area contributed by atoms with Gasteiger partial charge in [-0.1, -0.05) is 32.5 Å². The third kappa shape index (κ3) is 9.75. The summed E-state index contributed by atoms with van der Waals surface area (Å²) < 4.78 is 15.6. The highest BCUT2D eigenvalue weighted by Gasteiger charge is 2.32. The number of amides is 2. The first kappa shape index (κ1) is 33.0. The Kier molecular flexibility index (Phi) is 12.3. The normalized spacial score (nSPS) is 13.5. The van der Waals surface area contributed by atoms with Gasteiger partial charge in [0.15, 0.2) is 0 Å². The fourth-order valence-corrected chi connectivity index (χ4v) is 4.73. The first-order valence-electron chi connectivity index (χ1n) is 13.4. The molecule has 0 radical (unpaired) electrons. The van der Waals surface area contributed by atoms with Crippen molar-refractivity contribution in [2.24, 2.45) is 11.8 Å². The lowest BCUT2D eigenvalue weighted by molar-refractivity contribution is -0.120. The highest BCUT2D eigenvalue weighted by atomic mass is 32.2. The molecule has 1 aliphatic rings. The van der Waals surface area contributed by atoms with Gasteiger partial charge < -0.3 is 19.5 Å². The number of anilines is 4. The second kappa shape index (κ2) is 14.9. The molecule has 2 N–H and O–H groups in total. The third-order valence-corrected chi connectivity index (χ3v) is 7.14. The van der Waals surface area contributed by atoms with Gasteiger partial charge in [-0.2, -0.15) is 0 Å². The van der Waals surface area contributed by atoms with Crippen molar-refractivity contribution in [3.05, 3.63) is 36.4 Å². The number of nitrogens with one attached hydrogen (secondary N) is 2. The van der Waals surface area contributed by atoms with Crippen LogP contribution in [0.25, 0.3) is 0 Å². The predicted octanol–water partition coefficient (Wildman–Crippen LogP) is 7.72. The van der Waals surface area contributed by atoms with Gasteiger partial charge in [-0.05, 0) is 76.4 Å². The molecular formula is C30H43N3O6S. The lowest BCUT2D eigenvalue weighted by Crippen LogP contribution is -2.35. The number of carbonyl (C=O) groups is 3. The van der Waals surface area contributed by atoms with E-state index in [1.165, 1.54) is 18.9 Å². The Bertz CT molecular complexity index is 1180. The number of ether oxygens (including phenoxy) is 3. The maximum absolute atomic E-state index is 13.2. The lowest BCUT2D eigenvalue weighted by atomic mass is 10.1. The molecule has 2 amide bonds. The number of methoxy groups -OCH3 is 2. The van der Waals surface area contributed by atoms with Crippen LogP contribution >= 0.6 is 11.8 Å². The zero-order valence-electron chi connectivity index (χ0n) is 25.0. The summed E-state index contributed by atoms with van der Waals surface area (Å²) in [6.07, 6.45) is -0.0553. The molecule has 0 saturated heterocycles. The molecule has 0 fully saturated rings. The minimum Gasteiger partial charge on any atom is -0.453 e. The number of hydrogen-bond acceptors (Lipinski definition) is 8. The molecule has 2 aromatic rings. The van der Waals surface area contributed by atoms with Crippen LogP contribution in [0.15, 0.2) is 46.2 Å². The number of hydrogen-bond donors (Lipinski definition) is 2. The summed E-state index contributed by atoms with van der Waals surface area (Å²) in [7, 11) is 3.00. The molecule has 220 valence electrons. The monoisotopic (exact) mass is 573 g/mol. The number of benzene rings is 2. The van der Waals surface area contributed by atoms with E-state index in [0.717, 1.165) is 34.1 Å². The van der Waals surface area contributed by atoms with E-state index in [1.807, 2.05) is 58.9 Å². The molecule has 1 aliphatic heterocycles. The molecule has 40 heavy (non-hydrogen) atoms. The third-order valence-electron chi connectivity index (χ3n) is 6.04. The van der Waals surface area contributed by atoms with Crippen molar-refractivity contribution in [1.29, 1.82) is 0 Å². The van der Waals surface area contributed by atoms with E-state index in [9.17, 15) is 14.4 Å². The molecule has 9 nitrogen and oxygen atoms in total. The topological polar surface area (TPSA) is 106 Å². The van der Waals surface area contributed by atoms with E-state index in [0.29, 0.717) is 29.7 Å². The van der Waals surface area contributed by atoms with Gasteiger partial charge in [0.2, 0.25) is 0 Å². The van der Waals surface area contributed by atoms with Gasteiger partial charge in [-0.15, -0.1) is 0 Å². The molecule has 0 spiro atoms. The Hall–Kier alpha value is -3.24. The second-order valence-corrected chi connectivity index (χ2v) is 11.8. The van der Waals surface area contributed by atoms with Crippen molar-refractivity contribution in [1.82, 2.24) is 0 Å². The smallest absolute Gasteiger partial charge is 0.419 e. The summed E-state index contributed by atoms with van der Waals surface area (Å²) >= 11 is 1.52. The van der Waals surface area contributed by atoms with Crippen LogP contribution in [0, 0.1) is 11.8 Å². The minimum atomic E-state index is -0.645. The summed E-state index contributed by atoms with van der Waals surface area (Å²) in [5, 5.41) is 6.10. The van der Waals surface area contributed by atoms with E-state index in [4.69, 9.17) is 9.47 Å². The van der Waals surface area contributed by atoms with Gasteiger partial charge in [0.1, 0.15) is 11.4 Å². The second-order valence-electron chi connectivity index (χ2n) is 10.8. The predicted molar refractivity (Wildman–Crippen MR) is 161 cm³/mol. The maximum atomic E-state index is 13.2. The molecule has 2 aromatic carbocycles. The zero-order valence-corrected chi connectivity index (χ0v) is 25.9. The van der Waals surface area contributed by atoms with Crippen molar-refractivity contribution in [3.63, 3.8) is 0 Å². The van der Waals surface area contributed by atoms with Crippen molar-refractivity contribution < 1.29 is 28.6 Å². The summed E-state index contributed by atoms with van der Waals surface area (Å²) in [5.41, 5.74) is 2.30. The van der Waals surface area contributed by atoms with Crippen molar-refractivity contribution in [2.75, 3.05) is 42.9 Å². The van der Waals surface area contributed by atoms with E-state index < -0.39 is 17.8 Å². The average molecular weight is 574 g/mol. The number of nitrogens with zero attached hydrogens (tertiary/aromatic N) is 1. The molecule has 0 aromatic heterocycles. The number of fused-ring (bicyclic) bond motifs is 2. The number of Topliss-reactive ketones (excluding diaryl/α,β-unsaturated/α-hetero) is 1. The van der Waals surface area contributed by atoms with Gasteiger partial charge in [0, 0.05) is 40.7 Å². The molecule has 2 unspecified atom stereocenters. The molecule has 0 aliphatic carbocycles. The van der Waals surface area contributed by atoms with Crippen molar-refractivity contribution in [2.45, 2.75) is 70.3 Å².